The first-order chi connectivity index (χ1) is 9.69. The van der Waals surface area contributed by atoms with Crippen molar-refractivity contribution in [3.8, 4) is 5.75 Å². The molecular formula is C16H24IN3O. The van der Waals surface area contributed by atoms with Gasteiger partial charge in [-0.3, -0.25) is 0 Å². The van der Waals surface area contributed by atoms with Crippen LogP contribution in [-0.4, -0.2) is 36.6 Å². The molecule has 0 amide bonds. The molecule has 0 saturated heterocycles. The van der Waals surface area contributed by atoms with Crippen LogP contribution in [-0.2, 0) is 0 Å². The maximum absolute atomic E-state index is 6.07. The minimum absolute atomic E-state index is 0. The van der Waals surface area contributed by atoms with Gasteiger partial charge in [0.1, 0.15) is 5.75 Å². The van der Waals surface area contributed by atoms with Crippen LogP contribution < -0.4 is 10.5 Å². The first-order valence-electron chi connectivity index (χ1n) is 7.48. The molecule has 1 aromatic carbocycles. The van der Waals surface area contributed by atoms with Gasteiger partial charge in [-0.15, -0.1) is 24.0 Å². The summed E-state index contributed by atoms with van der Waals surface area (Å²) in [4.78, 5) is 6.78. The van der Waals surface area contributed by atoms with E-state index in [-0.39, 0.29) is 24.0 Å². The monoisotopic (exact) mass is 401 g/mol. The van der Waals surface area contributed by atoms with Crippen molar-refractivity contribution in [2.24, 2.45) is 10.7 Å². The standard InChI is InChI=1S/C16H23N3O.HI/c1-3-20-13-6-4-5-11(9-13)14-10-15(14)18-16(17)19(2)12-7-8-12;/h4-6,9,12,14-15H,3,7-8,10H2,1-2H3,(H2,17,18);1H/t14-,15+;/m0./s1. The lowest BCUT2D eigenvalue weighted by atomic mass is 10.1. The lowest BCUT2D eigenvalue weighted by molar-refractivity contribution is 0.340. The van der Waals surface area contributed by atoms with Crippen LogP contribution in [0.1, 0.15) is 37.7 Å². The zero-order valence-corrected chi connectivity index (χ0v) is 15.0. The fraction of sp³-hybridized carbons (Fsp3) is 0.562. The number of ether oxygens (including phenoxy) is 1. The van der Waals surface area contributed by atoms with Crippen molar-refractivity contribution in [2.45, 2.75) is 44.2 Å². The molecule has 21 heavy (non-hydrogen) atoms. The van der Waals surface area contributed by atoms with Crippen LogP contribution >= 0.6 is 24.0 Å². The second-order valence-electron chi connectivity index (χ2n) is 5.74. The summed E-state index contributed by atoms with van der Waals surface area (Å²) in [5.74, 6) is 2.14. The van der Waals surface area contributed by atoms with E-state index in [2.05, 4.69) is 28.1 Å². The third kappa shape index (κ3) is 4.02. The Kier molecular flexibility index (Phi) is 5.35. The quantitative estimate of drug-likeness (QED) is 0.469. The predicted molar refractivity (Wildman–Crippen MR) is 96.6 cm³/mol. The summed E-state index contributed by atoms with van der Waals surface area (Å²) in [5, 5.41) is 0. The molecule has 0 unspecified atom stereocenters. The Morgan fingerprint density at radius 1 is 1.43 bits per heavy atom. The van der Waals surface area contributed by atoms with E-state index in [1.54, 1.807) is 0 Å². The zero-order valence-electron chi connectivity index (χ0n) is 12.7. The minimum Gasteiger partial charge on any atom is -0.494 e. The molecular weight excluding hydrogens is 377 g/mol. The second-order valence-corrected chi connectivity index (χ2v) is 5.74. The number of aliphatic imine (C=N–C) groups is 1. The number of guanidine groups is 1. The van der Waals surface area contributed by atoms with Crippen molar-refractivity contribution in [3.05, 3.63) is 29.8 Å². The van der Waals surface area contributed by atoms with E-state index in [1.807, 2.05) is 20.0 Å². The molecule has 5 heteroatoms. The van der Waals surface area contributed by atoms with E-state index in [0.717, 1.165) is 12.2 Å². The fourth-order valence-corrected chi connectivity index (χ4v) is 2.59. The average Bonchev–Trinajstić information content (AvgIpc) is 3.33. The third-order valence-electron chi connectivity index (χ3n) is 4.11. The molecule has 2 atom stereocenters. The van der Waals surface area contributed by atoms with Gasteiger partial charge in [-0.2, -0.15) is 0 Å². The zero-order chi connectivity index (χ0) is 14.1. The molecule has 0 spiro atoms. The van der Waals surface area contributed by atoms with Gasteiger partial charge in [0.25, 0.3) is 0 Å². The molecule has 2 aliphatic carbocycles. The van der Waals surface area contributed by atoms with Crippen LogP contribution in [0.15, 0.2) is 29.3 Å². The Balaban J connectivity index is 0.00000161. The molecule has 0 heterocycles. The number of benzene rings is 1. The van der Waals surface area contributed by atoms with Gasteiger partial charge in [-0.1, -0.05) is 12.1 Å². The highest BCUT2D eigenvalue weighted by atomic mass is 127. The summed E-state index contributed by atoms with van der Waals surface area (Å²) in [6, 6.07) is 9.31. The molecule has 0 aliphatic heterocycles. The van der Waals surface area contributed by atoms with Gasteiger partial charge >= 0.3 is 0 Å². The molecule has 2 N–H and O–H groups in total. The Morgan fingerprint density at radius 2 is 2.19 bits per heavy atom. The highest BCUT2D eigenvalue weighted by Gasteiger charge is 2.39. The highest BCUT2D eigenvalue weighted by molar-refractivity contribution is 14.0. The van der Waals surface area contributed by atoms with Crippen molar-refractivity contribution in [1.82, 2.24) is 4.90 Å². The Bertz CT molecular complexity index is 516. The molecule has 4 nitrogen and oxygen atoms in total. The number of nitrogens with zero attached hydrogens (tertiary/aromatic N) is 2. The number of halogens is 1. The van der Waals surface area contributed by atoms with Crippen LogP contribution in [0.25, 0.3) is 0 Å². The summed E-state index contributed by atoms with van der Waals surface area (Å²) in [7, 11) is 2.05. The van der Waals surface area contributed by atoms with Gasteiger partial charge in [-0.05, 0) is 43.9 Å². The topological polar surface area (TPSA) is 50.9 Å². The largest absolute Gasteiger partial charge is 0.494 e. The van der Waals surface area contributed by atoms with Gasteiger partial charge in [0.05, 0.1) is 12.6 Å². The van der Waals surface area contributed by atoms with E-state index in [9.17, 15) is 0 Å². The summed E-state index contributed by atoms with van der Waals surface area (Å²) in [6.07, 6.45) is 3.59. The fourth-order valence-electron chi connectivity index (χ4n) is 2.59. The summed E-state index contributed by atoms with van der Waals surface area (Å²) in [6.45, 7) is 2.71. The molecule has 3 rings (SSSR count). The summed E-state index contributed by atoms with van der Waals surface area (Å²) < 4.78 is 5.55. The van der Waals surface area contributed by atoms with Crippen LogP contribution in [0.4, 0.5) is 0 Å². The molecule has 0 bridgehead atoms. The highest BCUT2D eigenvalue weighted by Crippen LogP contribution is 2.44. The van der Waals surface area contributed by atoms with Gasteiger partial charge in [-0.25, -0.2) is 4.99 Å². The average molecular weight is 401 g/mol. The van der Waals surface area contributed by atoms with Crippen LogP contribution in [0.5, 0.6) is 5.75 Å². The smallest absolute Gasteiger partial charge is 0.191 e. The molecule has 0 radical (unpaired) electrons. The SMILES string of the molecule is CCOc1cccc([C@@H]2C[C@H]2N=C(N)N(C)C2CC2)c1.I. The lowest BCUT2D eigenvalue weighted by Gasteiger charge is -2.16. The van der Waals surface area contributed by atoms with E-state index in [0.29, 0.717) is 30.6 Å². The van der Waals surface area contributed by atoms with Gasteiger partial charge < -0.3 is 15.4 Å². The van der Waals surface area contributed by atoms with E-state index < -0.39 is 0 Å². The first-order valence-corrected chi connectivity index (χ1v) is 7.48. The first kappa shape index (κ1) is 16.4. The molecule has 2 fully saturated rings. The second kappa shape index (κ2) is 6.85. The van der Waals surface area contributed by atoms with E-state index in [1.165, 1.54) is 18.4 Å². The van der Waals surface area contributed by atoms with Crippen molar-refractivity contribution >= 4 is 29.9 Å². The Morgan fingerprint density at radius 3 is 2.86 bits per heavy atom. The number of nitrogens with two attached hydrogens (primary N) is 1. The van der Waals surface area contributed by atoms with Crippen molar-refractivity contribution < 1.29 is 4.74 Å². The maximum Gasteiger partial charge on any atom is 0.191 e. The predicted octanol–water partition coefficient (Wildman–Crippen LogP) is 2.97. The van der Waals surface area contributed by atoms with Gasteiger partial charge in [0, 0.05) is 19.0 Å². The Labute approximate surface area is 143 Å². The summed E-state index contributed by atoms with van der Waals surface area (Å²) in [5.41, 5.74) is 7.38. The van der Waals surface area contributed by atoms with Gasteiger partial charge in [0.2, 0.25) is 0 Å². The normalized spacial score (nSPS) is 24.2. The number of hydrogen-bond donors (Lipinski definition) is 1. The molecule has 1 aromatic rings. The number of hydrogen-bond acceptors (Lipinski definition) is 2. The number of rotatable bonds is 5. The molecule has 0 aromatic heterocycles. The van der Waals surface area contributed by atoms with E-state index in [4.69, 9.17) is 10.5 Å². The molecule has 2 saturated carbocycles. The van der Waals surface area contributed by atoms with Crippen molar-refractivity contribution in [3.63, 3.8) is 0 Å². The van der Waals surface area contributed by atoms with Crippen LogP contribution in [0, 0.1) is 0 Å². The lowest BCUT2D eigenvalue weighted by Crippen LogP contribution is -2.36. The minimum atomic E-state index is 0. The third-order valence-corrected chi connectivity index (χ3v) is 4.11. The van der Waals surface area contributed by atoms with Crippen LogP contribution in [0.2, 0.25) is 0 Å². The molecule has 2 aliphatic rings. The van der Waals surface area contributed by atoms with Crippen molar-refractivity contribution in [1.29, 1.82) is 0 Å². The molecule has 116 valence electrons. The van der Waals surface area contributed by atoms with Crippen LogP contribution in [0.3, 0.4) is 0 Å². The summed E-state index contributed by atoms with van der Waals surface area (Å²) >= 11 is 0. The van der Waals surface area contributed by atoms with E-state index >= 15 is 0 Å². The maximum atomic E-state index is 6.07. The van der Waals surface area contributed by atoms with Gasteiger partial charge in [0.15, 0.2) is 5.96 Å². The van der Waals surface area contributed by atoms with Crippen molar-refractivity contribution in [2.75, 3.05) is 13.7 Å². The Hall–Kier alpha value is -0.980.